The molecule has 2 aliphatic rings. The maximum absolute atomic E-state index is 12.5. The van der Waals surface area contributed by atoms with Crippen LogP contribution in [0.3, 0.4) is 0 Å². The number of sulfonamides is 1. The van der Waals surface area contributed by atoms with E-state index in [1.807, 2.05) is 0 Å². The summed E-state index contributed by atoms with van der Waals surface area (Å²) in [6, 6.07) is 0. The van der Waals surface area contributed by atoms with Crippen molar-refractivity contribution in [1.29, 1.82) is 0 Å². The summed E-state index contributed by atoms with van der Waals surface area (Å²) in [6.45, 7) is 3.10. The van der Waals surface area contributed by atoms with E-state index in [1.54, 1.807) is 11.4 Å². The zero-order chi connectivity index (χ0) is 12.8. The van der Waals surface area contributed by atoms with Gasteiger partial charge in [0.25, 0.3) is 10.0 Å². The van der Waals surface area contributed by atoms with E-state index in [9.17, 15) is 8.42 Å². The molecule has 1 aromatic heterocycles. The van der Waals surface area contributed by atoms with Gasteiger partial charge in [-0.25, -0.2) is 13.1 Å². The normalized spacial score (nSPS) is 29.4. The highest BCUT2D eigenvalue weighted by molar-refractivity contribution is 7.89. The highest BCUT2D eigenvalue weighted by atomic mass is 32.2. The third-order valence-electron chi connectivity index (χ3n) is 4.01. The molecule has 0 amide bonds. The molecular weight excluding hydrogens is 254 g/mol. The molecule has 7 nitrogen and oxygen atoms in total. The Hall–Kier alpha value is -0.990. The summed E-state index contributed by atoms with van der Waals surface area (Å²) in [7, 11) is -1.85. The van der Waals surface area contributed by atoms with Gasteiger partial charge in [0.15, 0.2) is 5.03 Å². The summed E-state index contributed by atoms with van der Waals surface area (Å²) < 4.78 is 27.8. The second kappa shape index (κ2) is 4.01. The molecule has 0 saturated carbocycles. The SMILES string of the molecule is Cn1nncc1S(=O)(=O)N1CCC2(CCNC2)C1. The van der Waals surface area contributed by atoms with Crippen LogP contribution in [0.2, 0.25) is 0 Å². The smallest absolute Gasteiger partial charge is 0.261 e. The second-order valence-electron chi connectivity index (χ2n) is 5.21. The van der Waals surface area contributed by atoms with Crippen molar-refractivity contribution in [3.63, 3.8) is 0 Å². The van der Waals surface area contributed by atoms with Crippen LogP contribution >= 0.6 is 0 Å². The molecule has 1 N–H and O–H groups in total. The summed E-state index contributed by atoms with van der Waals surface area (Å²) in [5, 5.41) is 10.8. The van der Waals surface area contributed by atoms with Crippen LogP contribution in [0.5, 0.6) is 0 Å². The first-order chi connectivity index (χ1) is 8.54. The molecule has 1 atom stereocenters. The lowest BCUT2D eigenvalue weighted by molar-refractivity contribution is 0.337. The van der Waals surface area contributed by atoms with Crippen molar-refractivity contribution >= 4 is 10.0 Å². The molecule has 18 heavy (non-hydrogen) atoms. The molecule has 8 heteroatoms. The molecule has 2 aliphatic heterocycles. The van der Waals surface area contributed by atoms with E-state index in [2.05, 4.69) is 15.6 Å². The minimum atomic E-state index is -3.45. The molecule has 3 heterocycles. The van der Waals surface area contributed by atoms with Crippen molar-refractivity contribution in [1.82, 2.24) is 24.6 Å². The van der Waals surface area contributed by atoms with Gasteiger partial charge in [0, 0.05) is 26.7 Å². The summed E-state index contributed by atoms with van der Waals surface area (Å²) in [5.74, 6) is 0. The lowest BCUT2D eigenvalue weighted by Gasteiger charge is -2.22. The molecule has 1 spiro atoms. The minimum Gasteiger partial charge on any atom is -0.316 e. The van der Waals surface area contributed by atoms with Gasteiger partial charge in [-0.3, -0.25) is 0 Å². The number of aromatic nitrogens is 3. The van der Waals surface area contributed by atoms with Crippen LogP contribution in [0.4, 0.5) is 0 Å². The minimum absolute atomic E-state index is 0.138. The van der Waals surface area contributed by atoms with Crippen LogP contribution in [-0.4, -0.2) is 53.9 Å². The van der Waals surface area contributed by atoms with Crippen LogP contribution in [0.15, 0.2) is 11.2 Å². The van der Waals surface area contributed by atoms with Crippen molar-refractivity contribution in [3.05, 3.63) is 6.20 Å². The quantitative estimate of drug-likeness (QED) is 0.761. The summed E-state index contributed by atoms with van der Waals surface area (Å²) in [6.07, 6.45) is 3.31. The predicted octanol–water partition coefficient (Wildman–Crippen LogP) is -0.811. The Bertz CT molecular complexity index is 546. The number of nitrogens with one attached hydrogen (secondary N) is 1. The van der Waals surface area contributed by atoms with Gasteiger partial charge in [0.2, 0.25) is 0 Å². The van der Waals surface area contributed by atoms with Gasteiger partial charge in [0.1, 0.15) is 0 Å². The maximum Gasteiger partial charge on any atom is 0.261 e. The van der Waals surface area contributed by atoms with Crippen LogP contribution in [0.25, 0.3) is 0 Å². The Morgan fingerprint density at radius 3 is 2.89 bits per heavy atom. The Kier molecular flexibility index (Phi) is 2.68. The molecule has 0 aromatic carbocycles. The number of hydrogen-bond acceptors (Lipinski definition) is 5. The van der Waals surface area contributed by atoms with E-state index in [0.29, 0.717) is 13.1 Å². The molecule has 0 aliphatic carbocycles. The summed E-state index contributed by atoms with van der Waals surface area (Å²) in [5.41, 5.74) is 0.138. The first kappa shape index (κ1) is 12.1. The van der Waals surface area contributed by atoms with E-state index in [-0.39, 0.29) is 10.4 Å². The Balaban J connectivity index is 1.86. The highest BCUT2D eigenvalue weighted by Crippen LogP contribution is 2.38. The Morgan fingerprint density at radius 1 is 1.44 bits per heavy atom. The first-order valence-electron chi connectivity index (χ1n) is 6.09. The average molecular weight is 271 g/mol. The fraction of sp³-hybridized carbons (Fsp3) is 0.800. The molecular formula is C10H17N5O2S. The molecule has 1 aromatic rings. The molecule has 0 bridgehead atoms. The van der Waals surface area contributed by atoms with Gasteiger partial charge < -0.3 is 5.32 Å². The number of aryl methyl sites for hydroxylation is 1. The predicted molar refractivity (Wildman–Crippen MR) is 64.3 cm³/mol. The van der Waals surface area contributed by atoms with Gasteiger partial charge >= 0.3 is 0 Å². The van der Waals surface area contributed by atoms with Gasteiger partial charge in [-0.1, -0.05) is 5.21 Å². The van der Waals surface area contributed by atoms with Crippen molar-refractivity contribution < 1.29 is 8.42 Å². The fourth-order valence-electron chi connectivity index (χ4n) is 2.89. The molecule has 2 saturated heterocycles. The van der Waals surface area contributed by atoms with E-state index < -0.39 is 10.0 Å². The average Bonchev–Trinajstić information content (AvgIpc) is 3.02. The zero-order valence-corrected chi connectivity index (χ0v) is 11.2. The van der Waals surface area contributed by atoms with Crippen molar-refractivity contribution in [2.45, 2.75) is 17.9 Å². The van der Waals surface area contributed by atoms with Crippen LogP contribution in [-0.2, 0) is 17.1 Å². The number of rotatable bonds is 2. The van der Waals surface area contributed by atoms with Gasteiger partial charge in [-0.05, 0) is 24.8 Å². The van der Waals surface area contributed by atoms with Crippen LogP contribution in [0.1, 0.15) is 12.8 Å². The molecule has 2 fully saturated rings. The topological polar surface area (TPSA) is 80.1 Å². The van der Waals surface area contributed by atoms with Gasteiger partial charge in [-0.2, -0.15) is 4.31 Å². The fourth-order valence-corrected chi connectivity index (χ4v) is 4.48. The maximum atomic E-state index is 12.5. The molecule has 1 unspecified atom stereocenters. The monoisotopic (exact) mass is 271 g/mol. The molecule has 0 radical (unpaired) electrons. The van der Waals surface area contributed by atoms with E-state index in [1.165, 1.54) is 10.9 Å². The third kappa shape index (κ3) is 1.75. The molecule has 100 valence electrons. The standard InChI is InChI=1S/C10H17N5O2S/c1-14-9(6-12-13-14)18(16,17)15-5-3-10(8-15)2-4-11-7-10/h6,11H,2-5,7-8H2,1H3. The largest absolute Gasteiger partial charge is 0.316 e. The van der Waals surface area contributed by atoms with E-state index in [0.717, 1.165) is 25.9 Å². The summed E-state index contributed by atoms with van der Waals surface area (Å²) >= 11 is 0. The Morgan fingerprint density at radius 2 is 2.28 bits per heavy atom. The first-order valence-corrected chi connectivity index (χ1v) is 7.53. The zero-order valence-electron chi connectivity index (χ0n) is 10.3. The Labute approximate surface area is 106 Å². The van der Waals surface area contributed by atoms with Crippen LogP contribution < -0.4 is 5.32 Å². The summed E-state index contributed by atoms with van der Waals surface area (Å²) in [4.78, 5) is 0. The number of nitrogens with zero attached hydrogens (tertiary/aromatic N) is 4. The lowest BCUT2D eigenvalue weighted by Crippen LogP contribution is -2.34. The third-order valence-corrected chi connectivity index (χ3v) is 5.90. The van der Waals surface area contributed by atoms with Gasteiger partial charge in [-0.15, -0.1) is 5.10 Å². The second-order valence-corrected chi connectivity index (χ2v) is 7.10. The van der Waals surface area contributed by atoms with Crippen LogP contribution in [0, 0.1) is 5.41 Å². The van der Waals surface area contributed by atoms with E-state index >= 15 is 0 Å². The lowest BCUT2D eigenvalue weighted by atomic mass is 9.87. The highest BCUT2D eigenvalue weighted by Gasteiger charge is 2.45. The van der Waals surface area contributed by atoms with E-state index in [4.69, 9.17) is 0 Å². The number of hydrogen-bond donors (Lipinski definition) is 1. The van der Waals surface area contributed by atoms with Crippen molar-refractivity contribution in [2.75, 3.05) is 26.2 Å². The van der Waals surface area contributed by atoms with Gasteiger partial charge in [0.05, 0.1) is 6.20 Å². The molecule has 3 rings (SSSR count). The van der Waals surface area contributed by atoms with Crippen molar-refractivity contribution in [3.8, 4) is 0 Å². The van der Waals surface area contributed by atoms with Crippen molar-refractivity contribution in [2.24, 2.45) is 12.5 Å².